The van der Waals surface area contributed by atoms with E-state index in [2.05, 4.69) is 9.46 Å². The summed E-state index contributed by atoms with van der Waals surface area (Å²) in [6, 6.07) is 2.97. The standard InChI is InChI=1S/C20H25F3N2O7S/c21-20(22,23)32-14-7-4-8-15(11-14)33(30,31)25-16(13-5-2-1-3-6-13)12-18(27)24-17(26)9-10-19(28)29/h4,7-8,11,13,16,25H,1-3,5-6,9-10,12H2,(H,28,29)(H,24,26,27). The Kier molecular flexibility index (Phi) is 9.23. The van der Waals surface area contributed by atoms with Crippen LogP contribution in [0.3, 0.4) is 0 Å². The third-order valence-corrected chi connectivity index (χ3v) is 6.61. The maximum atomic E-state index is 12.9. The average Bonchev–Trinajstić information content (AvgIpc) is 2.71. The average molecular weight is 494 g/mol. The number of hydrogen-bond acceptors (Lipinski definition) is 6. The molecule has 1 fully saturated rings. The van der Waals surface area contributed by atoms with Crippen molar-refractivity contribution in [1.29, 1.82) is 0 Å². The molecule has 1 aliphatic carbocycles. The number of aliphatic carboxylic acids is 1. The lowest BCUT2D eigenvalue weighted by molar-refractivity contribution is -0.274. The fraction of sp³-hybridized carbons (Fsp3) is 0.550. The van der Waals surface area contributed by atoms with Gasteiger partial charge in [-0.25, -0.2) is 13.1 Å². The van der Waals surface area contributed by atoms with Crippen LogP contribution < -0.4 is 14.8 Å². The molecule has 1 aromatic carbocycles. The van der Waals surface area contributed by atoms with E-state index in [1.807, 2.05) is 5.32 Å². The van der Waals surface area contributed by atoms with Crippen LogP contribution in [0, 0.1) is 5.92 Å². The molecule has 2 rings (SSSR count). The monoisotopic (exact) mass is 494 g/mol. The second-order valence-corrected chi connectivity index (χ2v) is 9.43. The smallest absolute Gasteiger partial charge is 0.481 e. The van der Waals surface area contributed by atoms with Gasteiger partial charge in [-0.3, -0.25) is 19.7 Å². The highest BCUT2D eigenvalue weighted by Gasteiger charge is 2.33. The van der Waals surface area contributed by atoms with Crippen LogP contribution in [0.1, 0.15) is 51.4 Å². The molecule has 1 aromatic rings. The van der Waals surface area contributed by atoms with Crippen molar-refractivity contribution in [3.8, 4) is 5.75 Å². The van der Waals surface area contributed by atoms with Gasteiger partial charge in [0.15, 0.2) is 0 Å². The Morgan fingerprint density at radius 1 is 1.09 bits per heavy atom. The van der Waals surface area contributed by atoms with Gasteiger partial charge in [0, 0.05) is 24.9 Å². The van der Waals surface area contributed by atoms with Gasteiger partial charge in [0.05, 0.1) is 11.3 Å². The number of amides is 2. The van der Waals surface area contributed by atoms with Gasteiger partial charge < -0.3 is 9.84 Å². The van der Waals surface area contributed by atoms with Crippen LogP contribution in [0.25, 0.3) is 0 Å². The summed E-state index contributed by atoms with van der Waals surface area (Å²) in [4.78, 5) is 34.1. The van der Waals surface area contributed by atoms with Gasteiger partial charge in [-0.1, -0.05) is 25.3 Å². The Hall–Kier alpha value is -2.67. The molecule has 13 heteroatoms. The summed E-state index contributed by atoms with van der Waals surface area (Å²) in [5.41, 5.74) is 0. The van der Waals surface area contributed by atoms with Crippen molar-refractivity contribution >= 4 is 27.8 Å². The summed E-state index contributed by atoms with van der Waals surface area (Å²) in [5, 5.41) is 10.7. The minimum Gasteiger partial charge on any atom is -0.481 e. The number of nitrogens with one attached hydrogen (secondary N) is 2. The molecule has 9 nitrogen and oxygen atoms in total. The van der Waals surface area contributed by atoms with Crippen LogP contribution in [-0.4, -0.2) is 43.7 Å². The third kappa shape index (κ3) is 9.38. The van der Waals surface area contributed by atoms with E-state index in [0.717, 1.165) is 43.5 Å². The fourth-order valence-electron chi connectivity index (χ4n) is 3.64. The van der Waals surface area contributed by atoms with Crippen molar-refractivity contribution in [2.45, 2.75) is 68.7 Å². The minimum atomic E-state index is -4.99. The zero-order valence-corrected chi connectivity index (χ0v) is 18.4. The van der Waals surface area contributed by atoms with Crippen molar-refractivity contribution in [1.82, 2.24) is 10.0 Å². The van der Waals surface area contributed by atoms with Gasteiger partial charge in [0.25, 0.3) is 0 Å². The number of carbonyl (C=O) groups excluding carboxylic acids is 2. The Bertz CT molecular complexity index is 961. The number of imide groups is 1. The third-order valence-electron chi connectivity index (χ3n) is 5.12. The summed E-state index contributed by atoms with van der Waals surface area (Å²) >= 11 is 0. The molecule has 33 heavy (non-hydrogen) atoms. The van der Waals surface area contributed by atoms with E-state index in [-0.39, 0.29) is 12.3 Å². The molecule has 0 saturated heterocycles. The molecule has 1 aliphatic rings. The van der Waals surface area contributed by atoms with Gasteiger partial charge in [-0.05, 0) is 30.9 Å². The quantitative estimate of drug-likeness (QED) is 0.455. The predicted octanol–water partition coefficient (Wildman–Crippen LogP) is 2.71. The second kappa shape index (κ2) is 11.5. The first-order chi connectivity index (χ1) is 15.4. The van der Waals surface area contributed by atoms with Crippen LogP contribution in [0.2, 0.25) is 0 Å². The van der Waals surface area contributed by atoms with Gasteiger partial charge in [0.1, 0.15) is 5.75 Å². The van der Waals surface area contributed by atoms with Crippen molar-refractivity contribution in [2.24, 2.45) is 5.92 Å². The predicted molar refractivity (Wildman–Crippen MR) is 108 cm³/mol. The van der Waals surface area contributed by atoms with Crippen molar-refractivity contribution in [2.75, 3.05) is 0 Å². The number of hydrogen-bond donors (Lipinski definition) is 3. The highest BCUT2D eigenvalue weighted by Crippen LogP contribution is 2.30. The molecule has 0 aromatic heterocycles. The molecule has 1 atom stereocenters. The van der Waals surface area contributed by atoms with Gasteiger partial charge in [-0.2, -0.15) is 0 Å². The van der Waals surface area contributed by atoms with Crippen LogP contribution in [0.15, 0.2) is 29.2 Å². The normalized spacial score (nSPS) is 16.1. The van der Waals surface area contributed by atoms with E-state index in [9.17, 15) is 36.0 Å². The van der Waals surface area contributed by atoms with Gasteiger partial charge >= 0.3 is 12.3 Å². The molecule has 1 unspecified atom stereocenters. The highest BCUT2D eigenvalue weighted by atomic mass is 32.2. The number of benzene rings is 1. The number of sulfonamides is 1. The zero-order valence-electron chi connectivity index (χ0n) is 17.6. The van der Waals surface area contributed by atoms with E-state index in [1.165, 1.54) is 0 Å². The topological polar surface area (TPSA) is 139 Å². The first kappa shape index (κ1) is 26.6. The van der Waals surface area contributed by atoms with Gasteiger partial charge in [0.2, 0.25) is 21.8 Å². The molecule has 0 aliphatic heterocycles. The number of ether oxygens (including phenoxy) is 1. The maximum Gasteiger partial charge on any atom is 0.573 e. The Labute approximate surface area is 188 Å². The molecular weight excluding hydrogens is 469 g/mol. The van der Waals surface area contributed by atoms with Crippen molar-refractivity contribution < 1.29 is 45.8 Å². The lowest BCUT2D eigenvalue weighted by atomic mass is 9.83. The van der Waals surface area contributed by atoms with E-state index in [0.29, 0.717) is 12.8 Å². The summed E-state index contributed by atoms with van der Waals surface area (Å²) in [6.07, 6.45) is -2.41. The lowest BCUT2D eigenvalue weighted by Crippen LogP contribution is -2.45. The largest absolute Gasteiger partial charge is 0.573 e. The lowest BCUT2D eigenvalue weighted by Gasteiger charge is -2.30. The van der Waals surface area contributed by atoms with Crippen LogP contribution in [0.4, 0.5) is 13.2 Å². The van der Waals surface area contributed by atoms with E-state index in [4.69, 9.17) is 5.11 Å². The Balaban J connectivity index is 2.15. The first-order valence-corrected chi connectivity index (χ1v) is 11.8. The molecule has 0 bridgehead atoms. The molecule has 0 radical (unpaired) electrons. The van der Waals surface area contributed by atoms with Crippen LogP contribution in [0.5, 0.6) is 5.75 Å². The number of rotatable bonds is 10. The van der Waals surface area contributed by atoms with Crippen molar-refractivity contribution in [3.63, 3.8) is 0 Å². The molecule has 3 N–H and O–H groups in total. The summed E-state index contributed by atoms with van der Waals surface area (Å²) in [6.45, 7) is 0. The summed E-state index contributed by atoms with van der Waals surface area (Å²) in [5.74, 6) is -3.71. The second-order valence-electron chi connectivity index (χ2n) is 7.72. The first-order valence-electron chi connectivity index (χ1n) is 10.3. The van der Waals surface area contributed by atoms with E-state index in [1.54, 1.807) is 0 Å². The number of carbonyl (C=O) groups is 3. The van der Waals surface area contributed by atoms with E-state index < -0.39 is 63.7 Å². The fourth-order valence-corrected chi connectivity index (χ4v) is 4.98. The van der Waals surface area contributed by atoms with Crippen molar-refractivity contribution in [3.05, 3.63) is 24.3 Å². The number of carboxylic acids is 1. The van der Waals surface area contributed by atoms with E-state index >= 15 is 0 Å². The minimum absolute atomic E-state index is 0.219. The molecule has 184 valence electrons. The molecule has 0 spiro atoms. The molecular formula is C20H25F3N2O7S. The zero-order chi connectivity index (χ0) is 24.6. The molecule has 2 amide bonds. The van der Waals surface area contributed by atoms with Crippen LogP contribution in [-0.2, 0) is 24.4 Å². The number of halogens is 3. The summed E-state index contributed by atoms with van der Waals surface area (Å²) < 4.78 is 69.3. The Morgan fingerprint density at radius 2 is 1.76 bits per heavy atom. The Morgan fingerprint density at radius 3 is 2.36 bits per heavy atom. The maximum absolute atomic E-state index is 12.9. The van der Waals surface area contributed by atoms with Gasteiger partial charge in [-0.15, -0.1) is 13.2 Å². The SMILES string of the molecule is O=C(O)CCC(=O)NC(=O)CC(NS(=O)(=O)c1cccc(OC(F)(F)F)c1)C1CCCCC1. The number of carboxylic acid groups (broad SMARTS) is 1. The number of alkyl halides is 3. The molecule has 0 heterocycles. The molecule has 1 saturated carbocycles. The summed E-state index contributed by atoms with van der Waals surface area (Å²) in [7, 11) is -4.32. The highest BCUT2D eigenvalue weighted by molar-refractivity contribution is 7.89. The van der Waals surface area contributed by atoms with Crippen LogP contribution >= 0.6 is 0 Å².